The standard InChI is InChI=1S/C19H29NO5/c1-6-7-17(19(22)20(3)24-5)18(21)14(2)12-25-13-15-8-10-16(23-4)11-9-15/h6,8-11,14,17-18,21H,1,7,12-13H2,2-5H3/t14-,17+,18-/m1/s1. The second-order valence-corrected chi connectivity index (χ2v) is 5.98. The Balaban J connectivity index is 2.55. The zero-order valence-electron chi connectivity index (χ0n) is 15.5. The second-order valence-electron chi connectivity index (χ2n) is 5.98. The first-order valence-electron chi connectivity index (χ1n) is 8.25. The summed E-state index contributed by atoms with van der Waals surface area (Å²) in [6.45, 7) is 6.29. The van der Waals surface area contributed by atoms with E-state index in [1.807, 2.05) is 31.2 Å². The van der Waals surface area contributed by atoms with Crippen LogP contribution in [0.15, 0.2) is 36.9 Å². The third-order valence-corrected chi connectivity index (χ3v) is 4.13. The summed E-state index contributed by atoms with van der Waals surface area (Å²) in [6, 6.07) is 7.60. The Bertz CT molecular complexity index is 531. The van der Waals surface area contributed by atoms with Gasteiger partial charge in [-0.1, -0.05) is 25.1 Å². The maximum Gasteiger partial charge on any atom is 0.251 e. The van der Waals surface area contributed by atoms with E-state index in [1.54, 1.807) is 13.2 Å². The van der Waals surface area contributed by atoms with Gasteiger partial charge in [-0.2, -0.15) is 0 Å². The molecule has 1 rings (SSSR count). The average Bonchev–Trinajstić information content (AvgIpc) is 2.64. The van der Waals surface area contributed by atoms with Crippen LogP contribution in [0.5, 0.6) is 5.75 Å². The van der Waals surface area contributed by atoms with Crippen molar-refractivity contribution >= 4 is 5.91 Å². The number of rotatable bonds is 11. The van der Waals surface area contributed by atoms with Gasteiger partial charge in [0.25, 0.3) is 5.91 Å². The fourth-order valence-corrected chi connectivity index (χ4v) is 2.47. The molecule has 1 aromatic carbocycles. The minimum atomic E-state index is -0.848. The van der Waals surface area contributed by atoms with Gasteiger partial charge in [-0.25, -0.2) is 5.06 Å². The molecule has 0 saturated carbocycles. The maximum atomic E-state index is 12.3. The van der Waals surface area contributed by atoms with Crippen LogP contribution in [0.2, 0.25) is 0 Å². The van der Waals surface area contributed by atoms with Crippen LogP contribution in [-0.2, 0) is 21.0 Å². The Morgan fingerprint density at radius 1 is 1.32 bits per heavy atom. The van der Waals surface area contributed by atoms with Crippen LogP contribution in [0.4, 0.5) is 0 Å². The Kier molecular flexibility index (Phi) is 9.20. The molecule has 140 valence electrons. The van der Waals surface area contributed by atoms with Crippen molar-refractivity contribution in [1.82, 2.24) is 5.06 Å². The van der Waals surface area contributed by atoms with Crippen LogP contribution in [0.1, 0.15) is 18.9 Å². The first kappa shape index (κ1) is 21.2. The van der Waals surface area contributed by atoms with Gasteiger partial charge < -0.3 is 14.6 Å². The van der Waals surface area contributed by atoms with Crippen molar-refractivity contribution in [2.45, 2.75) is 26.1 Å². The van der Waals surface area contributed by atoms with Gasteiger partial charge in [0.05, 0.1) is 39.5 Å². The zero-order valence-corrected chi connectivity index (χ0v) is 15.5. The summed E-state index contributed by atoms with van der Waals surface area (Å²) in [5.74, 6) is -0.308. The van der Waals surface area contributed by atoms with Crippen LogP contribution in [0, 0.1) is 11.8 Å². The molecule has 0 fully saturated rings. The molecule has 0 aliphatic rings. The summed E-state index contributed by atoms with van der Waals surface area (Å²) >= 11 is 0. The third kappa shape index (κ3) is 6.49. The van der Waals surface area contributed by atoms with E-state index >= 15 is 0 Å². The highest BCUT2D eigenvalue weighted by Crippen LogP contribution is 2.21. The van der Waals surface area contributed by atoms with Crippen molar-refractivity contribution in [2.75, 3.05) is 27.9 Å². The summed E-state index contributed by atoms with van der Waals surface area (Å²) < 4.78 is 10.8. The second kappa shape index (κ2) is 10.9. The lowest BCUT2D eigenvalue weighted by Gasteiger charge is -2.28. The highest BCUT2D eigenvalue weighted by atomic mass is 16.7. The quantitative estimate of drug-likeness (QED) is 0.490. The molecule has 6 nitrogen and oxygen atoms in total. The zero-order chi connectivity index (χ0) is 18.8. The molecule has 0 aliphatic carbocycles. The van der Waals surface area contributed by atoms with Gasteiger partial charge in [0.1, 0.15) is 5.75 Å². The molecule has 0 heterocycles. The monoisotopic (exact) mass is 351 g/mol. The minimum absolute atomic E-state index is 0.211. The van der Waals surface area contributed by atoms with Gasteiger partial charge in [-0.05, 0) is 24.1 Å². The van der Waals surface area contributed by atoms with Crippen molar-refractivity contribution < 1.29 is 24.2 Å². The number of methoxy groups -OCH3 is 1. The number of aliphatic hydroxyl groups excluding tert-OH is 1. The molecule has 0 spiro atoms. The van der Waals surface area contributed by atoms with Crippen LogP contribution in [0.25, 0.3) is 0 Å². The highest BCUT2D eigenvalue weighted by Gasteiger charge is 2.32. The van der Waals surface area contributed by atoms with E-state index in [0.717, 1.165) is 16.4 Å². The van der Waals surface area contributed by atoms with E-state index in [2.05, 4.69) is 6.58 Å². The predicted octanol–water partition coefficient (Wildman–Crippen LogP) is 2.42. The molecular weight excluding hydrogens is 322 g/mol. The fraction of sp³-hybridized carbons (Fsp3) is 0.526. The normalized spacial score (nSPS) is 14.4. The van der Waals surface area contributed by atoms with Crippen LogP contribution >= 0.6 is 0 Å². The van der Waals surface area contributed by atoms with Crippen molar-refractivity contribution in [3.8, 4) is 5.75 Å². The van der Waals surface area contributed by atoms with Crippen molar-refractivity contribution in [3.63, 3.8) is 0 Å². The first-order valence-corrected chi connectivity index (χ1v) is 8.25. The summed E-state index contributed by atoms with van der Waals surface area (Å²) in [5, 5.41) is 11.7. The highest BCUT2D eigenvalue weighted by molar-refractivity contribution is 5.78. The van der Waals surface area contributed by atoms with Gasteiger partial charge in [0, 0.05) is 13.0 Å². The largest absolute Gasteiger partial charge is 0.497 e. The third-order valence-electron chi connectivity index (χ3n) is 4.13. The van der Waals surface area contributed by atoms with E-state index in [9.17, 15) is 9.90 Å². The summed E-state index contributed by atoms with van der Waals surface area (Å²) in [5.41, 5.74) is 1.01. The number of nitrogens with zero attached hydrogens (tertiary/aromatic N) is 1. The van der Waals surface area contributed by atoms with E-state index in [1.165, 1.54) is 14.2 Å². The molecule has 25 heavy (non-hydrogen) atoms. The Morgan fingerprint density at radius 3 is 2.48 bits per heavy atom. The number of benzene rings is 1. The lowest BCUT2D eigenvalue weighted by molar-refractivity contribution is -0.178. The molecule has 0 aliphatic heterocycles. The number of amides is 1. The first-order chi connectivity index (χ1) is 11.9. The number of hydrogen-bond acceptors (Lipinski definition) is 5. The van der Waals surface area contributed by atoms with Gasteiger partial charge >= 0.3 is 0 Å². The number of carbonyl (C=O) groups excluding carboxylic acids is 1. The Labute approximate surface area is 149 Å². The maximum absolute atomic E-state index is 12.3. The van der Waals surface area contributed by atoms with E-state index < -0.39 is 12.0 Å². The molecule has 0 bridgehead atoms. The summed E-state index contributed by atoms with van der Waals surface area (Å²) in [7, 11) is 4.56. The SMILES string of the molecule is C=CC[C@H](C(=O)N(C)OC)[C@H](O)[C@H](C)COCc1ccc(OC)cc1. The summed E-state index contributed by atoms with van der Waals surface area (Å²) in [6.07, 6.45) is 1.15. The van der Waals surface area contributed by atoms with Crippen LogP contribution in [0.3, 0.4) is 0 Å². The number of hydrogen-bond donors (Lipinski definition) is 1. The van der Waals surface area contributed by atoms with Gasteiger partial charge in [-0.15, -0.1) is 6.58 Å². The van der Waals surface area contributed by atoms with E-state index in [4.69, 9.17) is 14.3 Å². The van der Waals surface area contributed by atoms with Crippen LogP contribution in [-0.4, -0.2) is 50.1 Å². The Hall–Kier alpha value is -1.89. The lowest BCUT2D eigenvalue weighted by atomic mass is 9.89. The molecule has 1 aromatic rings. The van der Waals surface area contributed by atoms with Gasteiger partial charge in [0.15, 0.2) is 0 Å². The molecule has 0 saturated heterocycles. The van der Waals surface area contributed by atoms with E-state index in [0.29, 0.717) is 19.6 Å². The number of carbonyl (C=O) groups is 1. The molecule has 0 aromatic heterocycles. The minimum Gasteiger partial charge on any atom is -0.497 e. The fourth-order valence-electron chi connectivity index (χ4n) is 2.47. The van der Waals surface area contributed by atoms with Gasteiger partial charge in [0.2, 0.25) is 0 Å². The molecule has 0 unspecified atom stereocenters. The smallest absolute Gasteiger partial charge is 0.251 e. The number of hydroxylamine groups is 2. The topological polar surface area (TPSA) is 68.2 Å². The van der Waals surface area contributed by atoms with E-state index in [-0.39, 0.29) is 11.8 Å². The molecular formula is C19H29NO5. The predicted molar refractivity (Wildman–Crippen MR) is 95.9 cm³/mol. The lowest BCUT2D eigenvalue weighted by Crippen LogP contribution is -2.41. The molecule has 3 atom stereocenters. The molecule has 1 N–H and O–H groups in total. The van der Waals surface area contributed by atoms with Crippen molar-refractivity contribution in [3.05, 3.63) is 42.5 Å². The summed E-state index contributed by atoms with van der Waals surface area (Å²) in [4.78, 5) is 17.2. The van der Waals surface area contributed by atoms with Crippen molar-refractivity contribution in [1.29, 1.82) is 0 Å². The molecule has 6 heteroatoms. The number of ether oxygens (including phenoxy) is 2. The van der Waals surface area contributed by atoms with Crippen molar-refractivity contribution in [2.24, 2.45) is 11.8 Å². The van der Waals surface area contributed by atoms with Crippen LogP contribution < -0.4 is 4.74 Å². The number of allylic oxidation sites excluding steroid dienone is 1. The molecule has 0 radical (unpaired) electrons. The molecule has 1 amide bonds. The Morgan fingerprint density at radius 2 is 1.96 bits per heavy atom. The average molecular weight is 351 g/mol. The number of aliphatic hydroxyl groups is 1. The van der Waals surface area contributed by atoms with Gasteiger partial charge in [-0.3, -0.25) is 9.63 Å².